The molecule has 0 aromatic carbocycles. The topological polar surface area (TPSA) is 28.2 Å². The van der Waals surface area contributed by atoms with E-state index in [0.29, 0.717) is 12.1 Å². The van der Waals surface area contributed by atoms with Crippen LogP contribution in [0.4, 0.5) is 5.69 Å². The Bertz CT molecular complexity index is 389. The molecule has 1 saturated heterocycles. The zero-order chi connectivity index (χ0) is 13.1. The Balaban J connectivity index is 2.13. The summed E-state index contributed by atoms with van der Waals surface area (Å²) in [7, 11) is 0. The first kappa shape index (κ1) is 13.3. The summed E-state index contributed by atoms with van der Waals surface area (Å²) in [5.74, 6) is 0.743. The van der Waals surface area contributed by atoms with Crippen molar-refractivity contribution in [3.63, 3.8) is 0 Å². The average molecular weight is 247 g/mol. The molecule has 18 heavy (non-hydrogen) atoms. The van der Waals surface area contributed by atoms with Crippen molar-refractivity contribution in [3.8, 4) is 0 Å². The van der Waals surface area contributed by atoms with Crippen LogP contribution in [0.25, 0.3) is 0 Å². The van der Waals surface area contributed by atoms with Crippen LogP contribution in [0.2, 0.25) is 0 Å². The van der Waals surface area contributed by atoms with Gasteiger partial charge in [-0.1, -0.05) is 13.8 Å². The van der Waals surface area contributed by atoms with Gasteiger partial charge in [0.25, 0.3) is 0 Å². The summed E-state index contributed by atoms with van der Waals surface area (Å²) in [6, 6.07) is 3.23. The van der Waals surface area contributed by atoms with E-state index in [4.69, 9.17) is 0 Å². The van der Waals surface area contributed by atoms with Crippen molar-refractivity contribution < 1.29 is 0 Å². The van der Waals surface area contributed by atoms with Crippen LogP contribution >= 0.6 is 0 Å². The van der Waals surface area contributed by atoms with Crippen LogP contribution in [0.1, 0.15) is 32.8 Å². The Hall–Kier alpha value is -1.09. The van der Waals surface area contributed by atoms with Gasteiger partial charge in [-0.05, 0) is 37.8 Å². The Kier molecular flexibility index (Phi) is 4.23. The lowest BCUT2D eigenvalue weighted by atomic mass is 9.99. The molecule has 0 radical (unpaired) electrons. The van der Waals surface area contributed by atoms with Crippen LogP contribution < -0.4 is 10.2 Å². The summed E-state index contributed by atoms with van der Waals surface area (Å²) in [5.41, 5.74) is 2.61. The maximum Gasteiger partial charge on any atom is 0.0585 e. The molecule has 2 rings (SSSR count). The normalized spacial score (nSPS) is 24.6. The van der Waals surface area contributed by atoms with E-state index in [0.717, 1.165) is 19.0 Å². The fourth-order valence-corrected chi connectivity index (χ4v) is 2.75. The maximum absolute atomic E-state index is 4.28. The highest BCUT2D eigenvalue weighted by molar-refractivity contribution is 5.52. The predicted molar refractivity (Wildman–Crippen MR) is 77.0 cm³/mol. The molecule has 1 aliphatic rings. The third kappa shape index (κ3) is 3.02. The molecule has 3 heteroatoms. The van der Waals surface area contributed by atoms with Crippen molar-refractivity contribution in [1.29, 1.82) is 0 Å². The van der Waals surface area contributed by atoms with Gasteiger partial charge >= 0.3 is 0 Å². The zero-order valence-electron chi connectivity index (χ0n) is 12.0. The Morgan fingerprint density at radius 1 is 1.50 bits per heavy atom. The second kappa shape index (κ2) is 5.70. The van der Waals surface area contributed by atoms with E-state index in [9.17, 15) is 0 Å². The Morgan fingerprint density at radius 2 is 2.28 bits per heavy atom. The molecule has 0 amide bonds. The first-order valence-corrected chi connectivity index (χ1v) is 6.98. The van der Waals surface area contributed by atoms with E-state index in [-0.39, 0.29) is 0 Å². The number of aromatic nitrogens is 1. The molecule has 2 heterocycles. The number of rotatable bonds is 3. The van der Waals surface area contributed by atoms with Gasteiger partial charge in [-0.25, -0.2) is 0 Å². The number of hydrogen-bond acceptors (Lipinski definition) is 3. The first-order valence-electron chi connectivity index (χ1n) is 6.98. The smallest absolute Gasteiger partial charge is 0.0585 e. The molecule has 2 atom stereocenters. The third-order valence-corrected chi connectivity index (χ3v) is 3.73. The van der Waals surface area contributed by atoms with Crippen LogP contribution in [-0.4, -0.2) is 30.2 Å². The summed E-state index contributed by atoms with van der Waals surface area (Å²) >= 11 is 0. The molecule has 1 N–H and O–H groups in total. The molecule has 0 saturated carbocycles. The van der Waals surface area contributed by atoms with Gasteiger partial charge in [-0.15, -0.1) is 0 Å². The number of nitrogens with one attached hydrogen (secondary N) is 1. The summed E-state index contributed by atoms with van der Waals surface area (Å²) in [5, 5.41) is 3.66. The highest BCUT2D eigenvalue weighted by Gasteiger charge is 2.26. The first-order chi connectivity index (χ1) is 8.58. The molecular weight excluding hydrogens is 222 g/mol. The van der Waals surface area contributed by atoms with Crippen LogP contribution in [0.3, 0.4) is 0 Å². The lowest BCUT2D eigenvalue weighted by Crippen LogP contribution is -2.56. The van der Waals surface area contributed by atoms with Crippen molar-refractivity contribution in [2.75, 3.05) is 18.0 Å². The molecule has 1 aliphatic heterocycles. The standard InChI is InChI=1S/C15H25N3/c1-11(2)7-14-10-18(13(4)8-17-14)15-9-16-6-5-12(15)3/h5-6,9,11,13-14,17H,7-8,10H2,1-4H3. The number of piperazine rings is 1. The molecule has 1 aromatic rings. The zero-order valence-corrected chi connectivity index (χ0v) is 12.0. The van der Waals surface area contributed by atoms with Crippen molar-refractivity contribution in [1.82, 2.24) is 10.3 Å². The fraction of sp³-hybridized carbons (Fsp3) is 0.667. The van der Waals surface area contributed by atoms with Gasteiger partial charge < -0.3 is 10.2 Å². The molecule has 100 valence electrons. The van der Waals surface area contributed by atoms with Crippen LogP contribution in [0.5, 0.6) is 0 Å². The Labute approximate surface area is 111 Å². The molecular formula is C15H25N3. The quantitative estimate of drug-likeness (QED) is 0.890. The van der Waals surface area contributed by atoms with Crippen molar-refractivity contribution in [2.45, 2.75) is 46.2 Å². The molecule has 3 nitrogen and oxygen atoms in total. The number of hydrogen-bond donors (Lipinski definition) is 1. The van der Waals surface area contributed by atoms with Gasteiger partial charge in [0.1, 0.15) is 0 Å². The second-order valence-electron chi connectivity index (χ2n) is 5.90. The minimum Gasteiger partial charge on any atom is -0.365 e. The number of aryl methyl sites for hydroxylation is 1. The van der Waals surface area contributed by atoms with E-state index in [1.165, 1.54) is 17.7 Å². The van der Waals surface area contributed by atoms with Gasteiger partial charge in [0.2, 0.25) is 0 Å². The van der Waals surface area contributed by atoms with Gasteiger partial charge in [0.05, 0.1) is 11.9 Å². The lowest BCUT2D eigenvalue weighted by Gasteiger charge is -2.41. The number of nitrogens with zero attached hydrogens (tertiary/aromatic N) is 2. The molecule has 1 aromatic heterocycles. The van der Waals surface area contributed by atoms with Crippen LogP contribution in [-0.2, 0) is 0 Å². The predicted octanol–water partition coefficient (Wildman–Crippen LogP) is 2.60. The fourth-order valence-electron chi connectivity index (χ4n) is 2.75. The van der Waals surface area contributed by atoms with Gasteiger partial charge in [0.15, 0.2) is 0 Å². The summed E-state index contributed by atoms with van der Waals surface area (Å²) in [4.78, 5) is 6.78. The highest BCUT2D eigenvalue weighted by Crippen LogP contribution is 2.23. The van der Waals surface area contributed by atoms with Crippen LogP contribution in [0, 0.1) is 12.8 Å². The summed E-state index contributed by atoms with van der Waals surface area (Å²) in [6.45, 7) is 11.2. The lowest BCUT2D eigenvalue weighted by molar-refractivity contribution is 0.355. The van der Waals surface area contributed by atoms with Gasteiger partial charge in [-0.2, -0.15) is 0 Å². The average Bonchev–Trinajstić information content (AvgIpc) is 2.32. The van der Waals surface area contributed by atoms with Crippen LogP contribution in [0.15, 0.2) is 18.5 Å². The third-order valence-electron chi connectivity index (χ3n) is 3.73. The molecule has 1 fully saturated rings. The summed E-state index contributed by atoms with van der Waals surface area (Å²) < 4.78 is 0. The maximum atomic E-state index is 4.28. The van der Waals surface area contributed by atoms with Gasteiger partial charge in [0, 0.05) is 31.4 Å². The van der Waals surface area contributed by atoms with E-state index >= 15 is 0 Å². The molecule has 2 unspecified atom stereocenters. The minimum atomic E-state index is 0.538. The van der Waals surface area contributed by atoms with Crippen molar-refractivity contribution >= 4 is 5.69 Å². The Morgan fingerprint density at radius 3 is 2.94 bits per heavy atom. The minimum absolute atomic E-state index is 0.538. The second-order valence-corrected chi connectivity index (χ2v) is 5.90. The van der Waals surface area contributed by atoms with Crippen molar-refractivity contribution in [2.24, 2.45) is 5.92 Å². The monoisotopic (exact) mass is 247 g/mol. The van der Waals surface area contributed by atoms with E-state index in [1.807, 2.05) is 12.4 Å². The molecule has 0 bridgehead atoms. The number of anilines is 1. The highest BCUT2D eigenvalue weighted by atomic mass is 15.2. The van der Waals surface area contributed by atoms with Gasteiger partial charge in [-0.3, -0.25) is 4.98 Å². The number of pyridine rings is 1. The molecule has 0 aliphatic carbocycles. The largest absolute Gasteiger partial charge is 0.365 e. The summed E-state index contributed by atoms with van der Waals surface area (Å²) in [6.07, 6.45) is 5.11. The van der Waals surface area contributed by atoms with E-state index in [1.54, 1.807) is 0 Å². The molecule has 0 spiro atoms. The SMILES string of the molecule is Cc1ccncc1N1CC(CC(C)C)NCC1C. The van der Waals surface area contributed by atoms with E-state index in [2.05, 4.69) is 49.0 Å². The van der Waals surface area contributed by atoms with E-state index < -0.39 is 0 Å². The van der Waals surface area contributed by atoms with Crippen molar-refractivity contribution in [3.05, 3.63) is 24.0 Å².